The number of rotatable bonds is 0. The van der Waals surface area contributed by atoms with E-state index in [-0.39, 0.29) is 34.1 Å². The summed E-state index contributed by atoms with van der Waals surface area (Å²) in [5, 5.41) is 8.63. The third kappa shape index (κ3) is 13.2. The van der Waals surface area contributed by atoms with E-state index in [1.807, 2.05) is 30.4 Å². The third-order valence-corrected chi connectivity index (χ3v) is 1.93. The van der Waals surface area contributed by atoms with Crippen molar-refractivity contribution in [2.24, 2.45) is 0 Å². The number of phenolic OH excluding ortho intramolecular Hbond substituents is 1. The zero-order valence-corrected chi connectivity index (χ0v) is 13.0. The van der Waals surface area contributed by atoms with Crippen LogP contribution in [0.1, 0.15) is 12.8 Å². The first-order valence-corrected chi connectivity index (χ1v) is 5.57. The minimum Gasteiger partial charge on any atom is -0.508 e. The normalized spacial score (nSPS) is 12.4. The van der Waals surface area contributed by atoms with Crippen LogP contribution in [0.15, 0.2) is 66.8 Å². The number of allylic oxidation sites excluding steroid dienone is 8. The van der Waals surface area contributed by atoms with Gasteiger partial charge in [0, 0.05) is 0 Å². The molecule has 0 unspecified atom stereocenters. The summed E-state index contributed by atoms with van der Waals surface area (Å²) in [6.07, 6.45) is 20.0. The molecule has 0 aromatic heterocycles. The van der Waals surface area contributed by atoms with Gasteiger partial charge in [0.15, 0.2) is 0 Å². The molecule has 0 bridgehead atoms. The van der Waals surface area contributed by atoms with Crippen LogP contribution >= 0.6 is 12.4 Å². The summed E-state index contributed by atoms with van der Waals surface area (Å²) in [4.78, 5) is 0. The van der Waals surface area contributed by atoms with Crippen molar-refractivity contribution in [2.75, 3.05) is 0 Å². The fraction of sp³-hybridized carbons (Fsp3) is 0.125. The predicted molar refractivity (Wildman–Crippen MR) is 78.5 cm³/mol. The van der Waals surface area contributed by atoms with Crippen LogP contribution in [0, 0.1) is 12.2 Å². The monoisotopic (exact) mass is 308 g/mol. The zero-order chi connectivity index (χ0) is 12.2. The first kappa shape index (κ1) is 20.3. The molecule has 1 aromatic carbocycles. The largest absolute Gasteiger partial charge is 2.00 e. The van der Waals surface area contributed by atoms with Crippen molar-refractivity contribution in [1.82, 2.24) is 0 Å². The summed E-state index contributed by atoms with van der Waals surface area (Å²) < 4.78 is 0. The third-order valence-electron chi connectivity index (χ3n) is 1.93. The maximum atomic E-state index is 8.63. The minimum atomic E-state index is 0. The average Bonchev–Trinajstić information content (AvgIpc) is 3.09. The number of hydrogen-bond acceptors (Lipinski definition) is 1. The summed E-state index contributed by atoms with van der Waals surface area (Å²) in [6.45, 7) is 0. The van der Waals surface area contributed by atoms with Crippen molar-refractivity contribution in [2.45, 2.75) is 12.8 Å². The van der Waals surface area contributed by atoms with Crippen LogP contribution in [0.3, 0.4) is 0 Å². The van der Waals surface area contributed by atoms with Crippen LogP contribution < -0.4 is 0 Å². The first-order valence-electron chi connectivity index (χ1n) is 5.57. The Morgan fingerprint density at radius 1 is 0.842 bits per heavy atom. The van der Waals surface area contributed by atoms with Gasteiger partial charge in [-0.25, -0.2) is 24.3 Å². The Morgan fingerprint density at radius 2 is 1.32 bits per heavy atom. The molecule has 98 valence electrons. The molecule has 2 aliphatic rings. The Morgan fingerprint density at radius 3 is 1.47 bits per heavy atom. The average molecular weight is 309 g/mol. The summed E-state index contributed by atoms with van der Waals surface area (Å²) in [6, 6.07) is 8.71. The van der Waals surface area contributed by atoms with Gasteiger partial charge in [-0.15, -0.1) is 25.2 Å². The van der Waals surface area contributed by atoms with Gasteiger partial charge in [-0.3, -0.25) is 12.2 Å². The second kappa shape index (κ2) is 15.0. The predicted octanol–water partition coefficient (Wildman–Crippen LogP) is 4.42. The Bertz CT molecular complexity index is 366. The van der Waals surface area contributed by atoms with Gasteiger partial charge >= 0.3 is 21.7 Å². The standard InChI is InChI=1S/C6H6O.2C5H5.ClH.Ti/c7-6-4-2-1-3-5-6;2*1-2-4-5-3-1;;/h1-5,7H;2*1-3H,4H2;1H;/q;2*-1;;+2. The van der Waals surface area contributed by atoms with Crippen molar-refractivity contribution >= 4 is 12.4 Å². The quantitative estimate of drug-likeness (QED) is 0.555. The van der Waals surface area contributed by atoms with Crippen LogP contribution in [-0.2, 0) is 21.7 Å². The molecular weight excluding hydrogens is 291 g/mol. The number of aromatic hydroxyl groups is 1. The van der Waals surface area contributed by atoms with Gasteiger partial charge in [0.1, 0.15) is 5.75 Å². The van der Waals surface area contributed by atoms with E-state index in [9.17, 15) is 0 Å². The van der Waals surface area contributed by atoms with Crippen molar-refractivity contribution in [3.05, 3.63) is 78.9 Å². The molecule has 3 heteroatoms. The molecule has 1 N–H and O–H groups in total. The molecule has 0 amide bonds. The van der Waals surface area contributed by atoms with Crippen LogP contribution in [0.4, 0.5) is 0 Å². The SMILES string of the molecule is Cl.Oc1ccccc1.[C-]1=CC=CC1.[C-]1=CC=CC1.[Ti+2]. The molecule has 0 spiro atoms. The van der Waals surface area contributed by atoms with E-state index in [2.05, 4.69) is 24.3 Å². The van der Waals surface area contributed by atoms with Crippen LogP contribution in [0.25, 0.3) is 0 Å². The summed E-state index contributed by atoms with van der Waals surface area (Å²) >= 11 is 0. The molecule has 3 rings (SSSR count). The molecule has 1 aromatic rings. The van der Waals surface area contributed by atoms with Gasteiger partial charge in [-0.1, -0.05) is 18.2 Å². The number of phenols is 1. The van der Waals surface area contributed by atoms with Crippen LogP contribution in [-0.4, -0.2) is 5.11 Å². The number of benzene rings is 1. The molecule has 0 saturated heterocycles. The second-order valence-corrected chi connectivity index (χ2v) is 3.34. The maximum Gasteiger partial charge on any atom is 2.00 e. The van der Waals surface area contributed by atoms with Gasteiger partial charge in [-0.2, -0.15) is 12.2 Å². The molecule has 2 aliphatic carbocycles. The van der Waals surface area contributed by atoms with Crippen molar-refractivity contribution in [3.63, 3.8) is 0 Å². The van der Waals surface area contributed by atoms with E-state index in [1.54, 1.807) is 24.3 Å². The minimum absolute atomic E-state index is 0. The topological polar surface area (TPSA) is 20.2 Å². The van der Waals surface area contributed by atoms with E-state index in [0.717, 1.165) is 12.8 Å². The Hall–Kier alpha value is -1.02. The zero-order valence-electron chi connectivity index (χ0n) is 10.6. The molecule has 0 radical (unpaired) electrons. The van der Waals surface area contributed by atoms with Crippen molar-refractivity contribution < 1.29 is 26.8 Å². The molecule has 0 saturated carbocycles. The van der Waals surface area contributed by atoms with Gasteiger partial charge in [0.2, 0.25) is 0 Å². The number of hydrogen-bond donors (Lipinski definition) is 1. The molecule has 19 heavy (non-hydrogen) atoms. The van der Waals surface area contributed by atoms with Crippen molar-refractivity contribution in [1.29, 1.82) is 0 Å². The van der Waals surface area contributed by atoms with Gasteiger partial charge in [0.25, 0.3) is 0 Å². The first-order chi connectivity index (χ1) is 8.39. The molecule has 0 heterocycles. The Balaban J connectivity index is 0. The van der Waals surface area contributed by atoms with E-state index >= 15 is 0 Å². The Labute approximate surface area is 136 Å². The summed E-state index contributed by atoms with van der Waals surface area (Å²) in [7, 11) is 0. The van der Waals surface area contributed by atoms with Crippen LogP contribution in [0.2, 0.25) is 0 Å². The van der Waals surface area contributed by atoms with Gasteiger partial charge in [0.05, 0.1) is 0 Å². The second-order valence-electron chi connectivity index (χ2n) is 3.34. The fourth-order valence-corrected chi connectivity index (χ4v) is 1.11. The van der Waals surface area contributed by atoms with Crippen LogP contribution in [0.5, 0.6) is 5.75 Å². The Kier molecular flexibility index (Phi) is 16.1. The molecule has 0 aliphatic heterocycles. The molecule has 0 atom stereocenters. The van der Waals surface area contributed by atoms with Gasteiger partial charge in [-0.05, 0) is 12.1 Å². The fourth-order valence-electron chi connectivity index (χ4n) is 1.11. The van der Waals surface area contributed by atoms with E-state index in [4.69, 9.17) is 5.11 Å². The van der Waals surface area contributed by atoms with Gasteiger partial charge < -0.3 is 5.11 Å². The van der Waals surface area contributed by atoms with Crippen molar-refractivity contribution in [3.8, 4) is 5.75 Å². The number of para-hydroxylation sites is 1. The smallest absolute Gasteiger partial charge is 0.508 e. The molecule has 1 nitrogen and oxygen atoms in total. The molecule has 0 fully saturated rings. The summed E-state index contributed by atoms with van der Waals surface area (Å²) in [5.74, 6) is 0.322. The van der Waals surface area contributed by atoms with E-state index < -0.39 is 0 Å². The summed E-state index contributed by atoms with van der Waals surface area (Å²) in [5.41, 5.74) is 0. The van der Waals surface area contributed by atoms with E-state index in [1.165, 1.54) is 0 Å². The van der Waals surface area contributed by atoms with E-state index in [0.29, 0.717) is 5.75 Å². The molecular formula is C16H17ClOTi. The number of halogens is 1. The maximum absolute atomic E-state index is 8.63.